The number of methoxy groups -OCH3 is 1. The number of carbonyl (C=O) groups is 1. The summed E-state index contributed by atoms with van der Waals surface area (Å²) in [6.07, 6.45) is -6.65. The number of benzene rings is 1. The van der Waals surface area contributed by atoms with Crippen LogP contribution >= 0.6 is 0 Å². The number of alkyl halides is 3. The van der Waals surface area contributed by atoms with Gasteiger partial charge in [-0.2, -0.15) is 13.2 Å². The molecule has 1 aromatic rings. The van der Waals surface area contributed by atoms with Gasteiger partial charge >= 0.3 is 6.18 Å². The lowest BCUT2D eigenvalue weighted by Gasteiger charge is -2.28. The largest absolute Gasteiger partial charge is 0.494 e. The van der Waals surface area contributed by atoms with Crippen molar-refractivity contribution in [3.63, 3.8) is 0 Å². The van der Waals surface area contributed by atoms with Gasteiger partial charge in [-0.05, 0) is 24.0 Å². The molecule has 0 saturated heterocycles. The lowest BCUT2D eigenvalue weighted by molar-refractivity contribution is -0.247. The zero-order valence-electron chi connectivity index (χ0n) is 10.9. The van der Waals surface area contributed by atoms with Crippen molar-refractivity contribution in [2.45, 2.75) is 31.0 Å². The Balaban J connectivity index is 3.08. The van der Waals surface area contributed by atoms with Gasteiger partial charge in [-0.25, -0.2) is 4.39 Å². The van der Waals surface area contributed by atoms with E-state index in [1.54, 1.807) is 0 Å². The lowest BCUT2D eigenvalue weighted by atomic mass is 9.87. The maximum Gasteiger partial charge on any atom is 0.424 e. The van der Waals surface area contributed by atoms with Gasteiger partial charge in [0, 0.05) is 0 Å². The van der Waals surface area contributed by atoms with E-state index in [9.17, 15) is 27.5 Å². The van der Waals surface area contributed by atoms with Crippen molar-refractivity contribution in [3.05, 3.63) is 29.6 Å². The normalized spacial score (nSPS) is 16.4. The molecule has 1 rings (SSSR count). The van der Waals surface area contributed by atoms with Gasteiger partial charge in [0.05, 0.1) is 7.11 Å². The monoisotopic (exact) mass is 294 g/mol. The Hall–Kier alpha value is -1.63. The highest BCUT2D eigenvalue weighted by atomic mass is 19.4. The summed E-state index contributed by atoms with van der Waals surface area (Å²) in [7, 11) is 1.23. The minimum atomic E-state index is -5.11. The van der Waals surface area contributed by atoms with E-state index in [2.05, 4.69) is 0 Å². The minimum Gasteiger partial charge on any atom is -0.494 e. The van der Waals surface area contributed by atoms with Crippen molar-refractivity contribution < 1.29 is 32.2 Å². The van der Waals surface area contributed by atoms with Gasteiger partial charge in [-0.3, -0.25) is 4.79 Å². The minimum absolute atomic E-state index is 0.0612. The second-order valence-electron chi connectivity index (χ2n) is 4.51. The predicted molar refractivity (Wildman–Crippen MR) is 63.1 cm³/mol. The molecule has 0 bridgehead atoms. The van der Waals surface area contributed by atoms with E-state index in [1.807, 2.05) is 0 Å². The van der Waals surface area contributed by atoms with Gasteiger partial charge in [0.25, 0.3) is 0 Å². The molecule has 0 saturated carbocycles. The van der Waals surface area contributed by atoms with Crippen LogP contribution in [0.15, 0.2) is 18.2 Å². The summed E-state index contributed by atoms with van der Waals surface area (Å²) in [5.74, 6) is -1.95. The summed E-state index contributed by atoms with van der Waals surface area (Å²) in [6.45, 7) is 1.29. The Morgan fingerprint density at radius 3 is 2.45 bits per heavy atom. The van der Waals surface area contributed by atoms with Gasteiger partial charge in [0.1, 0.15) is 0 Å². The summed E-state index contributed by atoms with van der Waals surface area (Å²) in [4.78, 5) is 10.6. The number of aldehydes is 1. The number of rotatable bonds is 5. The van der Waals surface area contributed by atoms with Crippen LogP contribution in [-0.2, 0) is 4.79 Å². The van der Waals surface area contributed by atoms with E-state index < -0.39 is 36.2 Å². The van der Waals surface area contributed by atoms with Crippen LogP contribution < -0.4 is 4.74 Å². The second kappa shape index (κ2) is 5.78. The lowest BCUT2D eigenvalue weighted by Crippen LogP contribution is -2.47. The molecule has 1 aromatic carbocycles. The number of hydrogen-bond donors (Lipinski definition) is 1. The molecule has 7 heteroatoms. The van der Waals surface area contributed by atoms with Crippen molar-refractivity contribution in [1.29, 1.82) is 0 Å². The summed E-state index contributed by atoms with van der Waals surface area (Å²) >= 11 is 0. The van der Waals surface area contributed by atoms with E-state index in [1.165, 1.54) is 32.2 Å². The van der Waals surface area contributed by atoms with Gasteiger partial charge in [0.2, 0.25) is 5.60 Å². The maximum absolute atomic E-state index is 13.9. The molecule has 0 heterocycles. The maximum atomic E-state index is 13.9. The van der Waals surface area contributed by atoms with Crippen molar-refractivity contribution in [3.8, 4) is 5.75 Å². The Bertz CT molecular complexity index is 487. The Kier molecular flexibility index (Phi) is 4.75. The van der Waals surface area contributed by atoms with E-state index in [0.717, 1.165) is 0 Å². The topological polar surface area (TPSA) is 46.5 Å². The van der Waals surface area contributed by atoms with Crippen molar-refractivity contribution in [1.82, 2.24) is 0 Å². The van der Waals surface area contributed by atoms with E-state index in [0.29, 0.717) is 0 Å². The molecule has 0 spiro atoms. The Labute approximate surface area is 113 Å². The summed E-state index contributed by atoms with van der Waals surface area (Å²) < 4.78 is 56.5. The van der Waals surface area contributed by atoms with E-state index in [-0.39, 0.29) is 11.3 Å². The van der Waals surface area contributed by atoms with Crippen LogP contribution in [0.2, 0.25) is 0 Å². The third kappa shape index (κ3) is 3.09. The van der Waals surface area contributed by atoms with Gasteiger partial charge < -0.3 is 9.84 Å². The molecule has 0 aliphatic heterocycles. The van der Waals surface area contributed by atoms with Gasteiger partial charge in [0.15, 0.2) is 17.9 Å². The van der Waals surface area contributed by atoms with Crippen LogP contribution in [0.25, 0.3) is 0 Å². The molecule has 0 aliphatic carbocycles. The Morgan fingerprint density at radius 1 is 1.40 bits per heavy atom. The first kappa shape index (κ1) is 16.4. The third-order valence-electron chi connectivity index (χ3n) is 3.05. The van der Waals surface area contributed by atoms with Crippen LogP contribution in [0.4, 0.5) is 17.6 Å². The molecule has 0 radical (unpaired) electrons. The molecular weight excluding hydrogens is 280 g/mol. The molecular formula is C13H14F4O3. The van der Waals surface area contributed by atoms with Crippen LogP contribution in [0.3, 0.4) is 0 Å². The SMILES string of the molecule is COc1cccc(C(C)CC(O)(C=O)C(F)(F)F)c1F. The first-order chi connectivity index (χ1) is 9.16. The molecule has 20 heavy (non-hydrogen) atoms. The van der Waals surface area contributed by atoms with Crippen LogP contribution in [0.5, 0.6) is 5.75 Å². The molecule has 0 aromatic heterocycles. The Morgan fingerprint density at radius 2 is 2.00 bits per heavy atom. The van der Waals surface area contributed by atoms with E-state index in [4.69, 9.17) is 4.74 Å². The summed E-state index contributed by atoms with van der Waals surface area (Å²) in [5, 5.41) is 9.36. The number of aliphatic hydroxyl groups is 1. The zero-order valence-corrected chi connectivity index (χ0v) is 10.9. The summed E-state index contributed by atoms with van der Waals surface area (Å²) in [5.41, 5.74) is -3.56. The van der Waals surface area contributed by atoms with Crippen molar-refractivity contribution >= 4 is 6.29 Å². The highest BCUT2D eigenvalue weighted by Crippen LogP contribution is 2.38. The second-order valence-corrected chi connectivity index (χ2v) is 4.51. The average Bonchev–Trinajstić information content (AvgIpc) is 2.37. The average molecular weight is 294 g/mol. The third-order valence-corrected chi connectivity index (χ3v) is 3.05. The summed E-state index contributed by atoms with van der Waals surface area (Å²) in [6, 6.07) is 4.02. The fraction of sp³-hybridized carbons (Fsp3) is 0.462. The number of halogens is 4. The van der Waals surface area contributed by atoms with Crippen molar-refractivity contribution in [2.75, 3.05) is 7.11 Å². The first-order valence-electron chi connectivity index (χ1n) is 5.74. The van der Waals surface area contributed by atoms with Gasteiger partial charge in [-0.1, -0.05) is 19.1 Å². The van der Waals surface area contributed by atoms with Crippen molar-refractivity contribution in [2.24, 2.45) is 0 Å². The molecule has 112 valence electrons. The van der Waals surface area contributed by atoms with Crippen LogP contribution in [0.1, 0.15) is 24.8 Å². The molecule has 0 fully saturated rings. The first-order valence-corrected chi connectivity index (χ1v) is 5.74. The molecule has 0 aliphatic rings. The molecule has 2 atom stereocenters. The number of hydrogen-bond acceptors (Lipinski definition) is 3. The van der Waals surface area contributed by atoms with Crippen LogP contribution in [-0.4, -0.2) is 30.3 Å². The number of carbonyl (C=O) groups excluding carboxylic acids is 1. The molecule has 2 unspecified atom stereocenters. The number of ether oxygens (including phenoxy) is 1. The highest BCUT2D eigenvalue weighted by molar-refractivity contribution is 5.63. The molecule has 1 N–H and O–H groups in total. The smallest absolute Gasteiger partial charge is 0.424 e. The zero-order chi connectivity index (χ0) is 15.6. The highest BCUT2D eigenvalue weighted by Gasteiger charge is 2.54. The quantitative estimate of drug-likeness (QED) is 0.671. The predicted octanol–water partition coefficient (Wildman–Crippen LogP) is 2.82. The fourth-order valence-electron chi connectivity index (χ4n) is 1.87. The molecule has 3 nitrogen and oxygen atoms in total. The van der Waals surface area contributed by atoms with E-state index >= 15 is 0 Å². The standard InChI is InChI=1S/C13H14F4O3/c1-8(6-12(19,7-18)13(15,16)17)9-4-3-5-10(20-2)11(9)14/h3-5,7-8,19H,6H2,1-2H3. The van der Waals surface area contributed by atoms with Crippen LogP contribution in [0, 0.1) is 5.82 Å². The fourth-order valence-corrected chi connectivity index (χ4v) is 1.87. The van der Waals surface area contributed by atoms with Gasteiger partial charge in [-0.15, -0.1) is 0 Å². The molecule has 0 amide bonds.